The van der Waals surface area contributed by atoms with Crippen molar-refractivity contribution in [3.05, 3.63) is 83.7 Å². The van der Waals surface area contributed by atoms with E-state index in [1.807, 2.05) is 47.1 Å². The minimum absolute atomic E-state index is 0.288. The van der Waals surface area contributed by atoms with Gasteiger partial charge in [0, 0.05) is 46.4 Å². The summed E-state index contributed by atoms with van der Waals surface area (Å²) in [6.45, 7) is 5.01. The molecule has 0 spiro atoms. The number of nitrogens with one attached hydrogen (secondary N) is 2. The Morgan fingerprint density at radius 2 is 1.94 bits per heavy atom. The average Bonchev–Trinajstić information content (AvgIpc) is 3.43. The number of fused-ring (bicyclic) bond motifs is 2. The molecule has 5 aromatic rings. The van der Waals surface area contributed by atoms with Gasteiger partial charge in [-0.15, -0.1) is 0 Å². The molecule has 3 heterocycles. The molecule has 0 bridgehead atoms. The molecule has 0 aliphatic heterocycles. The zero-order chi connectivity index (χ0) is 22.1. The number of carbonyl (C=O) groups excluding carboxylic acids is 1. The normalized spacial score (nSPS) is 11.5. The number of aldehydes is 1. The van der Waals surface area contributed by atoms with Gasteiger partial charge >= 0.3 is 0 Å². The molecule has 6 heteroatoms. The van der Waals surface area contributed by atoms with E-state index in [4.69, 9.17) is 4.98 Å². The Bertz CT molecular complexity index is 1410. The summed E-state index contributed by atoms with van der Waals surface area (Å²) in [5.74, 6) is 1.15. The lowest BCUT2D eigenvalue weighted by molar-refractivity contribution is 0.112. The summed E-state index contributed by atoms with van der Waals surface area (Å²) in [6.07, 6.45) is 5.70. The van der Waals surface area contributed by atoms with Gasteiger partial charge in [0.15, 0.2) is 11.9 Å². The Morgan fingerprint density at radius 3 is 2.78 bits per heavy atom. The van der Waals surface area contributed by atoms with Crippen LogP contribution >= 0.6 is 0 Å². The molecule has 0 radical (unpaired) electrons. The highest BCUT2D eigenvalue weighted by Crippen LogP contribution is 2.28. The number of hydrogen-bond acceptors (Lipinski definition) is 4. The first-order valence-corrected chi connectivity index (χ1v) is 10.9. The zero-order valence-electron chi connectivity index (χ0n) is 18.2. The predicted octanol–water partition coefficient (Wildman–Crippen LogP) is 5.47. The lowest BCUT2D eigenvalue weighted by Crippen LogP contribution is -2.10. The van der Waals surface area contributed by atoms with Crippen LogP contribution in [0.15, 0.2) is 67.0 Å². The average molecular weight is 424 g/mol. The van der Waals surface area contributed by atoms with Gasteiger partial charge in [-0.3, -0.25) is 4.79 Å². The third-order valence-electron chi connectivity index (χ3n) is 5.86. The molecule has 0 aliphatic rings. The van der Waals surface area contributed by atoms with Crippen LogP contribution in [0, 0.1) is 0 Å². The van der Waals surface area contributed by atoms with Crippen LogP contribution in [0.1, 0.15) is 41.3 Å². The highest BCUT2D eigenvalue weighted by atomic mass is 16.1. The van der Waals surface area contributed by atoms with Gasteiger partial charge < -0.3 is 10.3 Å². The molecule has 0 atom stereocenters. The van der Waals surface area contributed by atoms with Crippen molar-refractivity contribution in [3.8, 4) is 11.3 Å². The number of hydrogen-bond donors (Lipinski definition) is 2. The number of aromatic amines is 1. The van der Waals surface area contributed by atoms with Crippen molar-refractivity contribution in [2.24, 2.45) is 0 Å². The maximum atomic E-state index is 11.6. The first kappa shape index (κ1) is 20.0. The van der Waals surface area contributed by atoms with Crippen LogP contribution in [0.3, 0.4) is 0 Å². The summed E-state index contributed by atoms with van der Waals surface area (Å²) in [5.41, 5.74) is 6.52. The Morgan fingerprint density at radius 1 is 1.12 bits per heavy atom. The second-order valence-corrected chi connectivity index (χ2v) is 8.26. The van der Waals surface area contributed by atoms with Gasteiger partial charge in [0.05, 0.1) is 11.9 Å². The van der Waals surface area contributed by atoms with Gasteiger partial charge in [-0.2, -0.15) is 9.61 Å². The summed E-state index contributed by atoms with van der Waals surface area (Å²) in [4.78, 5) is 19.8. The van der Waals surface area contributed by atoms with Gasteiger partial charge in [0.25, 0.3) is 0 Å². The molecular formula is C26H25N5O. The van der Waals surface area contributed by atoms with Gasteiger partial charge in [0.2, 0.25) is 0 Å². The highest BCUT2D eigenvalue weighted by molar-refractivity contribution is 5.87. The van der Waals surface area contributed by atoms with E-state index in [-0.39, 0.29) is 5.92 Å². The van der Waals surface area contributed by atoms with E-state index in [2.05, 4.69) is 53.6 Å². The molecule has 6 nitrogen and oxygen atoms in total. The Kier molecular flexibility index (Phi) is 5.19. The molecule has 2 aromatic carbocycles. The molecule has 32 heavy (non-hydrogen) atoms. The van der Waals surface area contributed by atoms with Crippen LogP contribution in [-0.2, 0) is 6.42 Å². The van der Waals surface area contributed by atoms with Gasteiger partial charge in [-0.1, -0.05) is 56.3 Å². The molecule has 2 N–H and O–H groups in total. The van der Waals surface area contributed by atoms with Crippen molar-refractivity contribution in [2.45, 2.75) is 26.2 Å². The first-order chi connectivity index (χ1) is 15.7. The molecule has 0 saturated heterocycles. The van der Waals surface area contributed by atoms with Gasteiger partial charge in [-0.25, -0.2) is 4.98 Å². The number of carbonyl (C=O) groups is 1. The lowest BCUT2D eigenvalue weighted by atomic mass is 10.0. The number of aromatic nitrogens is 4. The molecule has 3 aromatic heterocycles. The summed E-state index contributed by atoms with van der Waals surface area (Å²) in [6, 6.07) is 17.9. The van der Waals surface area contributed by atoms with E-state index in [0.29, 0.717) is 5.56 Å². The van der Waals surface area contributed by atoms with E-state index in [9.17, 15) is 4.79 Å². The van der Waals surface area contributed by atoms with Crippen molar-refractivity contribution in [2.75, 3.05) is 11.9 Å². The van der Waals surface area contributed by atoms with Crippen molar-refractivity contribution in [1.82, 2.24) is 19.6 Å². The smallest absolute Gasteiger partial charge is 0.161 e. The third-order valence-corrected chi connectivity index (χ3v) is 5.86. The number of nitrogens with zero attached hydrogens (tertiary/aromatic N) is 3. The van der Waals surface area contributed by atoms with Crippen LogP contribution in [0.2, 0.25) is 0 Å². The van der Waals surface area contributed by atoms with Crippen LogP contribution in [0.5, 0.6) is 0 Å². The van der Waals surface area contributed by atoms with Crippen LogP contribution in [-0.4, -0.2) is 32.4 Å². The zero-order valence-corrected chi connectivity index (χ0v) is 18.2. The van der Waals surface area contributed by atoms with Crippen LogP contribution < -0.4 is 5.32 Å². The lowest BCUT2D eigenvalue weighted by Gasteiger charge is -2.13. The minimum Gasteiger partial charge on any atom is -0.370 e. The van der Waals surface area contributed by atoms with E-state index in [1.54, 1.807) is 0 Å². The second-order valence-electron chi connectivity index (χ2n) is 8.26. The molecular weight excluding hydrogens is 398 g/mol. The maximum absolute atomic E-state index is 11.6. The number of rotatable bonds is 7. The van der Waals surface area contributed by atoms with Gasteiger partial charge in [-0.05, 0) is 24.0 Å². The fourth-order valence-corrected chi connectivity index (χ4v) is 4.15. The van der Waals surface area contributed by atoms with E-state index in [1.165, 1.54) is 10.9 Å². The first-order valence-electron chi connectivity index (χ1n) is 10.9. The minimum atomic E-state index is 0.288. The summed E-state index contributed by atoms with van der Waals surface area (Å²) >= 11 is 0. The Hall–Kier alpha value is -3.93. The third kappa shape index (κ3) is 3.54. The Labute approximate surface area is 186 Å². The molecule has 0 aliphatic carbocycles. The standard InChI is InChI=1S/C26H25N5O/c1-17(2)22-15-29-31-25(27-12-11-18-14-28-23-10-6-5-8-20(18)23)13-24(30-26(22)31)21-9-4-3-7-19(21)16-32/h3-10,13-17,27-28H,11-12H2,1-2H3. The molecule has 0 saturated carbocycles. The summed E-state index contributed by atoms with van der Waals surface area (Å²) in [7, 11) is 0. The van der Waals surface area contributed by atoms with E-state index < -0.39 is 0 Å². The number of benzene rings is 2. The molecule has 160 valence electrons. The fraction of sp³-hybridized carbons (Fsp3) is 0.192. The van der Waals surface area contributed by atoms with Crippen molar-refractivity contribution in [1.29, 1.82) is 0 Å². The highest BCUT2D eigenvalue weighted by Gasteiger charge is 2.16. The number of anilines is 1. The summed E-state index contributed by atoms with van der Waals surface area (Å²) in [5, 5.41) is 9.39. The van der Waals surface area contributed by atoms with Crippen molar-refractivity contribution in [3.63, 3.8) is 0 Å². The second kappa shape index (κ2) is 8.30. The topological polar surface area (TPSA) is 75.1 Å². The SMILES string of the molecule is CC(C)c1cnn2c(NCCc3c[nH]c4ccccc34)cc(-c3ccccc3C=O)nc12. The molecule has 0 unspecified atom stereocenters. The van der Waals surface area contributed by atoms with Crippen LogP contribution in [0.4, 0.5) is 5.82 Å². The summed E-state index contributed by atoms with van der Waals surface area (Å²) < 4.78 is 1.86. The maximum Gasteiger partial charge on any atom is 0.161 e. The van der Waals surface area contributed by atoms with Crippen molar-refractivity contribution >= 4 is 28.7 Å². The molecule has 0 fully saturated rings. The quantitative estimate of drug-likeness (QED) is 0.341. The number of H-pyrrole nitrogens is 1. The van der Waals surface area contributed by atoms with E-state index in [0.717, 1.165) is 53.1 Å². The molecule has 0 amide bonds. The van der Waals surface area contributed by atoms with Crippen LogP contribution in [0.25, 0.3) is 27.8 Å². The largest absolute Gasteiger partial charge is 0.370 e. The fourth-order valence-electron chi connectivity index (χ4n) is 4.15. The Balaban J connectivity index is 1.52. The predicted molar refractivity (Wildman–Crippen MR) is 128 cm³/mol. The molecule has 5 rings (SSSR count). The monoisotopic (exact) mass is 423 g/mol. The van der Waals surface area contributed by atoms with Crippen molar-refractivity contribution < 1.29 is 4.79 Å². The number of para-hydroxylation sites is 1. The van der Waals surface area contributed by atoms with E-state index >= 15 is 0 Å². The van der Waals surface area contributed by atoms with Gasteiger partial charge in [0.1, 0.15) is 5.82 Å².